The second kappa shape index (κ2) is 5.11. The lowest BCUT2D eigenvalue weighted by atomic mass is 10.3. The average Bonchev–Trinajstić information content (AvgIpc) is 2.21. The average molecular weight is 232 g/mol. The smallest absolute Gasteiger partial charge is 0.160 e. The largest absolute Gasteiger partial charge is 0.299 e. The Morgan fingerprint density at radius 1 is 1.33 bits per heavy atom. The molecule has 0 bridgehead atoms. The van der Waals surface area contributed by atoms with Crippen LogP contribution in [0, 0.1) is 11.6 Å². The molecule has 0 aliphatic heterocycles. The van der Waals surface area contributed by atoms with Crippen LogP contribution in [0.2, 0.25) is 0 Å². The van der Waals surface area contributed by atoms with Gasteiger partial charge in [-0.15, -0.1) is 0 Å². The second-order valence-corrected chi connectivity index (χ2v) is 4.41. The number of benzene rings is 1. The molecule has 15 heavy (non-hydrogen) atoms. The zero-order chi connectivity index (χ0) is 11.4. The van der Waals surface area contributed by atoms with Gasteiger partial charge in [0.15, 0.2) is 11.6 Å². The van der Waals surface area contributed by atoms with E-state index in [1.54, 1.807) is 6.92 Å². The Hall–Kier alpha value is -1.10. The quantitative estimate of drug-likeness (QED) is 0.796. The predicted molar refractivity (Wildman–Crippen MR) is 52.9 cm³/mol. The fourth-order valence-electron chi connectivity index (χ4n) is 0.950. The standard InChI is InChI=1S/C10H10F2O2S/c1-2-7(13)6-15(14)8-3-4-9(11)10(12)5-8/h3-5H,2,6H2,1H3. The van der Waals surface area contributed by atoms with E-state index in [4.69, 9.17) is 0 Å². The van der Waals surface area contributed by atoms with Crippen molar-refractivity contribution in [3.63, 3.8) is 0 Å². The third-order valence-electron chi connectivity index (χ3n) is 1.84. The van der Waals surface area contributed by atoms with Gasteiger partial charge in [-0.2, -0.15) is 0 Å². The minimum Gasteiger partial charge on any atom is -0.299 e. The van der Waals surface area contributed by atoms with Gasteiger partial charge in [0, 0.05) is 11.3 Å². The molecule has 0 saturated heterocycles. The van der Waals surface area contributed by atoms with Crippen LogP contribution in [0.4, 0.5) is 8.78 Å². The number of halogens is 2. The van der Waals surface area contributed by atoms with E-state index in [9.17, 15) is 17.8 Å². The van der Waals surface area contributed by atoms with Crippen LogP contribution in [-0.2, 0) is 15.6 Å². The first-order chi connectivity index (χ1) is 7.04. The van der Waals surface area contributed by atoms with Crippen molar-refractivity contribution in [1.29, 1.82) is 0 Å². The first-order valence-corrected chi connectivity index (χ1v) is 5.71. The van der Waals surface area contributed by atoms with Crippen molar-refractivity contribution in [1.82, 2.24) is 0 Å². The normalized spacial score (nSPS) is 12.5. The number of hydrogen-bond donors (Lipinski definition) is 0. The fraction of sp³-hybridized carbons (Fsp3) is 0.300. The zero-order valence-electron chi connectivity index (χ0n) is 8.13. The second-order valence-electron chi connectivity index (χ2n) is 2.96. The Morgan fingerprint density at radius 2 is 2.00 bits per heavy atom. The van der Waals surface area contributed by atoms with Crippen LogP contribution in [0.15, 0.2) is 23.1 Å². The molecule has 5 heteroatoms. The Morgan fingerprint density at radius 3 is 2.53 bits per heavy atom. The van der Waals surface area contributed by atoms with Crippen molar-refractivity contribution < 1.29 is 17.8 Å². The van der Waals surface area contributed by atoms with Gasteiger partial charge in [-0.3, -0.25) is 9.00 Å². The minimum absolute atomic E-state index is 0.135. The van der Waals surface area contributed by atoms with Crippen LogP contribution in [0.1, 0.15) is 13.3 Å². The van der Waals surface area contributed by atoms with E-state index in [-0.39, 0.29) is 22.9 Å². The van der Waals surface area contributed by atoms with E-state index < -0.39 is 22.4 Å². The molecule has 1 aromatic rings. The molecular weight excluding hydrogens is 222 g/mol. The van der Waals surface area contributed by atoms with E-state index in [0.717, 1.165) is 12.1 Å². The molecule has 1 atom stereocenters. The van der Waals surface area contributed by atoms with Crippen molar-refractivity contribution >= 4 is 16.6 Å². The third-order valence-corrected chi connectivity index (χ3v) is 3.20. The molecule has 1 aromatic carbocycles. The van der Waals surface area contributed by atoms with Gasteiger partial charge in [0.05, 0.1) is 16.6 Å². The van der Waals surface area contributed by atoms with Crippen molar-refractivity contribution in [2.24, 2.45) is 0 Å². The van der Waals surface area contributed by atoms with Crippen molar-refractivity contribution in [2.45, 2.75) is 18.2 Å². The Bertz CT molecular complexity index is 404. The third kappa shape index (κ3) is 3.20. The molecule has 0 saturated carbocycles. The van der Waals surface area contributed by atoms with E-state index >= 15 is 0 Å². The molecule has 0 fully saturated rings. The van der Waals surface area contributed by atoms with Crippen molar-refractivity contribution in [3.05, 3.63) is 29.8 Å². The first kappa shape index (κ1) is 12.0. The van der Waals surface area contributed by atoms with Crippen LogP contribution in [-0.4, -0.2) is 15.7 Å². The SMILES string of the molecule is CCC(=O)CS(=O)c1ccc(F)c(F)c1. The van der Waals surface area contributed by atoms with Crippen LogP contribution < -0.4 is 0 Å². The molecule has 1 rings (SSSR count). The van der Waals surface area contributed by atoms with Gasteiger partial charge in [-0.05, 0) is 18.2 Å². The first-order valence-electron chi connectivity index (χ1n) is 4.39. The molecule has 0 spiro atoms. The predicted octanol–water partition coefficient (Wildman–Crippen LogP) is 2.05. The van der Waals surface area contributed by atoms with Gasteiger partial charge >= 0.3 is 0 Å². The summed E-state index contributed by atoms with van der Waals surface area (Å²) < 4.78 is 36.8. The molecule has 0 radical (unpaired) electrons. The minimum atomic E-state index is -1.59. The lowest BCUT2D eigenvalue weighted by molar-refractivity contribution is -0.116. The highest BCUT2D eigenvalue weighted by atomic mass is 32.2. The Labute approximate surface area is 88.8 Å². The molecule has 0 aromatic heterocycles. The molecule has 0 heterocycles. The maximum absolute atomic E-state index is 12.8. The summed E-state index contributed by atoms with van der Waals surface area (Å²) in [5, 5.41) is 0. The summed E-state index contributed by atoms with van der Waals surface area (Å²) in [5.74, 6) is -2.36. The Balaban J connectivity index is 2.83. The van der Waals surface area contributed by atoms with Gasteiger partial charge in [-0.1, -0.05) is 6.92 Å². The lowest BCUT2D eigenvalue weighted by Crippen LogP contribution is -2.09. The maximum Gasteiger partial charge on any atom is 0.160 e. The fourth-order valence-corrected chi connectivity index (χ4v) is 2.07. The number of rotatable bonds is 4. The molecule has 0 N–H and O–H groups in total. The Kier molecular flexibility index (Phi) is 4.08. The molecule has 0 aliphatic carbocycles. The number of hydrogen-bond acceptors (Lipinski definition) is 2. The van der Waals surface area contributed by atoms with Gasteiger partial charge in [0.25, 0.3) is 0 Å². The van der Waals surface area contributed by atoms with Crippen LogP contribution >= 0.6 is 0 Å². The molecular formula is C10H10F2O2S. The van der Waals surface area contributed by atoms with Gasteiger partial charge in [0.1, 0.15) is 5.78 Å². The summed E-state index contributed by atoms with van der Waals surface area (Å²) in [6.45, 7) is 1.66. The van der Waals surface area contributed by atoms with Gasteiger partial charge < -0.3 is 0 Å². The highest BCUT2D eigenvalue weighted by Crippen LogP contribution is 2.12. The van der Waals surface area contributed by atoms with E-state index in [0.29, 0.717) is 0 Å². The summed E-state index contributed by atoms with van der Waals surface area (Å²) >= 11 is 0. The van der Waals surface area contributed by atoms with Gasteiger partial charge in [0.2, 0.25) is 0 Å². The van der Waals surface area contributed by atoms with Crippen molar-refractivity contribution in [2.75, 3.05) is 5.75 Å². The summed E-state index contributed by atoms with van der Waals surface area (Å²) in [5.41, 5.74) is 0. The molecule has 2 nitrogen and oxygen atoms in total. The monoisotopic (exact) mass is 232 g/mol. The molecule has 1 unspecified atom stereocenters. The van der Waals surface area contributed by atoms with Crippen LogP contribution in [0.3, 0.4) is 0 Å². The van der Waals surface area contributed by atoms with Crippen molar-refractivity contribution in [3.8, 4) is 0 Å². The van der Waals surface area contributed by atoms with Crippen LogP contribution in [0.5, 0.6) is 0 Å². The van der Waals surface area contributed by atoms with Gasteiger partial charge in [-0.25, -0.2) is 8.78 Å². The van der Waals surface area contributed by atoms with E-state index in [1.807, 2.05) is 0 Å². The molecule has 82 valence electrons. The van der Waals surface area contributed by atoms with E-state index in [1.165, 1.54) is 6.07 Å². The highest BCUT2D eigenvalue weighted by molar-refractivity contribution is 7.85. The summed E-state index contributed by atoms with van der Waals surface area (Å²) in [7, 11) is -1.59. The summed E-state index contributed by atoms with van der Waals surface area (Å²) in [6.07, 6.45) is 0.287. The number of carbonyl (C=O) groups is 1. The molecule has 0 amide bonds. The van der Waals surface area contributed by atoms with E-state index in [2.05, 4.69) is 0 Å². The summed E-state index contributed by atoms with van der Waals surface area (Å²) in [4.78, 5) is 11.1. The summed E-state index contributed by atoms with van der Waals surface area (Å²) in [6, 6.07) is 2.98. The lowest BCUT2D eigenvalue weighted by Gasteiger charge is -2.01. The highest BCUT2D eigenvalue weighted by Gasteiger charge is 2.11. The zero-order valence-corrected chi connectivity index (χ0v) is 8.94. The number of ketones is 1. The number of carbonyl (C=O) groups excluding carboxylic acids is 1. The van der Waals surface area contributed by atoms with Crippen LogP contribution in [0.25, 0.3) is 0 Å². The number of Topliss-reactive ketones (excluding diaryl/α,β-unsaturated/α-hetero) is 1. The topological polar surface area (TPSA) is 34.1 Å². The maximum atomic E-state index is 12.8. The molecule has 0 aliphatic rings.